The predicted molar refractivity (Wildman–Crippen MR) is 101 cm³/mol. The smallest absolute Gasteiger partial charge is 0.221 e. The average molecular weight is 355 g/mol. The molecule has 1 amide bonds. The van der Waals surface area contributed by atoms with Crippen LogP contribution in [0.1, 0.15) is 17.5 Å². The number of carbonyl (C=O) groups is 1. The molecular formula is C21H26FN3O. The summed E-state index contributed by atoms with van der Waals surface area (Å²) in [5.74, 6) is -0.303. The molecule has 0 unspecified atom stereocenters. The molecule has 2 aromatic carbocycles. The number of nitrogens with zero attached hydrogens (tertiary/aromatic N) is 2. The summed E-state index contributed by atoms with van der Waals surface area (Å²) in [6, 6.07) is 17.0. The quantitative estimate of drug-likeness (QED) is 0.829. The van der Waals surface area contributed by atoms with Gasteiger partial charge in [0.2, 0.25) is 5.91 Å². The highest BCUT2D eigenvalue weighted by atomic mass is 19.1. The van der Waals surface area contributed by atoms with Crippen molar-refractivity contribution in [2.75, 3.05) is 32.7 Å². The highest BCUT2D eigenvalue weighted by Gasteiger charge is 2.17. The van der Waals surface area contributed by atoms with E-state index >= 15 is 0 Å². The van der Waals surface area contributed by atoms with Crippen molar-refractivity contribution in [3.05, 3.63) is 71.5 Å². The molecule has 5 heteroatoms. The molecule has 1 fully saturated rings. The highest BCUT2D eigenvalue weighted by Crippen LogP contribution is 2.09. The Balaban J connectivity index is 1.33. The van der Waals surface area contributed by atoms with Gasteiger partial charge in [-0.15, -0.1) is 0 Å². The molecule has 0 saturated carbocycles. The maximum Gasteiger partial charge on any atom is 0.221 e. The van der Waals surface area contributed by atoms with Crippen LogP contribution in [0.4, 0.5) is 4.39 Å². The molecule has 1 heterocycles. The van der Waals surface area contributed by atoms with E-state index in [2.05, 4.69) is 39.4 Å². The molecule has 1 aliphatic heterocycles. The summed E-state index contributed by atoms with van der Waals surface area (Å²) < 4.78 is 13.5. The van der Waals surface area contributed by atoms with Gasteiger partial charge in [0.1, 0.15) is 5.82 Å². The molecule has 4 nitrogen and oxygen atoms in total. The Morgan fingerprint density at radius 3 is 2.31 bits per heavy atom. The first-order valence-corrected chi connectivity index (χ1v) is 9.19. The summed E-state index contributed by atoms with van der Waals surface area (Å²) in [5.41, 5.74) is 1.86. The number of rotatable bonds is 7. The van der Waals surface area contributed by atoms with Crippen molar-refractivity contribution in [1.29, 1.82) is 0 Å². The fraction of sp³-hybridized carbons (Fsp3) is 0.381. The van der Waals surface area contributed by atoms with Gasteiger partial charge < -0.3 is 10.2 Å². The molecular weight excluding hydrogens is 329 g/mol. The second-order valence-electron chi connectivity index (χ2n) is 6.72. The Kier molecular flexibility index (Phi) is 6.75. The van der Waals surface area contributed by atoms with Gasteiger partial charge in [0.25, 0.3) is 0 Å². The van der Waals surface area contributed by atoms with Crippen LogP contribution in [0.15, 0.2) is 54.6 Å². The third-order valence-corrected chi connectivity index (χ3v) is 4.80. The van der Waals surface area contributed by atoms with E-state index in [0.29, 0.717) is 12.0 Å². The maximum atomic E-state index is 13.5. The van der Waals surface area contributed by atoms with Gasteiger partial charge >= 0.3 is 0 Å². The summed E-state index contributed by atoms with van der Waals surface area (Å²) in [6.45, 7) is 5.98. The summed E-state index contributed by atoms with van der Waals surface area (Å²) >= 11 is 0. The van der Waals surface area contributed by atoms with Crippen LogP contribution >= 0.6 is 0 Å². The number of hydrogen-bond acceptors (Lipinski definition) is 3. The van der Waals surface area contributed by atoms with Crippen LogP contribution in [0.5, 0.6) is 0 Å². The zero-order chi connectivity index (χ0) is 18.2. The van der Waals surface area contributed by atoms with Crippen LogP contribution in [0.25, 0.3) is 0 Å². The molecule has 26 heavy (non-hydrogen) atoms. The summed E-state index contributed by atoms with van der Waals surface area (Å²) in [6.07, 6.45) is 0.452. The Hall–Kier alpha value is -2.24. The normalized spacial score (nSPS) is 15.7. The number of piperazine rings is 1. The van der Waals surface area contributed by atoms with E-state index in [-0.39, 0.29) is 18.3 Å². The van der Waals surface area contributed by atoms with E-state index < -0.39 is 0 Å². The standard InChI is InChI=1S/C21H26FN3O/c22-20-9-5-4-8-19(20)16-23-21(26)10-11-24-12-14-25(15-13-24)17-18-6-2-1-3-7-18/h1-9H,10-17H2,(H,23,26). The molecule has 1 aliphatic rings. The summed E-state index contributed by atoms with van der Waals surface area (Å²) in [5, 5.41) is 2.80. The minimum atomic E-state index is -0.276. The van der Waals surface area contributed by atoms with Crippen molar-refractivity contribution in [1.82, 2.24) is 15.1 Å². The maximum absolute atomic E-state index is 13.5. The zero-order valence-electron chi connectivity index (χ0n) is 15.0. The van der Waals surface area contributed by atoms with E-state index in [9.17, 15) is 9.18 Å². The summed E-state index contributed by atoms with van der Waals surface area (Å²) in [7, 11) is 0. The highest BCUT2D eigenvalue weighted by molar-refractivity contribution is 5.76. The Morgan fingerprint density at radius 2 is 1.58 bits per heavy atom. The first-order chi connectivity index (χ1) is 12.7. The topological polar surface area (TPSA) is 35.6 Å². The Bertz CT molecular complexity index is 699. The minimum absolute atomic E-state index is 0.0278. The van der Waals surface area contributed by atoms with Crippen molar-refractivity contribution in [3.8, 4) is 0 Å². The SMILES string of the molecule is O=C(CCN1CCN(Cc2ccccc2)CC1)NCc1ccccc1F. The van der Waals surface area contributed by atoms with E-state index in [1.54, 1.807) is 18.2 Å². The monoisotopic (exact) mass is 355 g/mol. The van der Waals surface area contributed by atoms with Crippen LogP contribution in [-0.2, 0) is 17.9 Å². The van der Waals surface area contributed by atoms with Gasteiger partial charge in [-0.1, -0.05) is 48.5 Å². The van der Waals surface area contributed by atoms with Crippen molar-refractivity contribution in [3.63, 3.8) is 0 Å². The number of carbonyl (C=O) groups excluding carboxylic acids is 1. The Morgan fingerprint density at radius 1 is 0.923 bits per heavy atom. The second-order valence-corrected chi connectivity index (χ2v) is 6.72. The molecule has 0 spiro atoms. The zero-order valence-corrected chi connectivity index (χ0v) is 15.0. The Labute approximate surface area is 154 Å². The molecule has 1 saturated heterocycles. The lowest BCUT2D eigenvalue weighted by molar-refractivity contribution is -0.121. The molecule has 0 aliphatic carbocycles. The molecule has 3 rings (SSSR count). The van der Waals surface area contributed by atoms with E-state index in [4.69, 9.17) is 0 Å². The van der Waals surface area contributed by atoms with Crippen molar-refractivity contribution >= 4 is 5.91 Å². The molecule has 0 radical (unpaired) electrons. The third kappa shape index (κ3) is 5.64. The third-order valence-electron chi connectivity index (χ3n) is 4.80. The van der Waals surface area contributed by atoms with Gasteiger partial charge in [-0.25, -0.2) is 4.39 Å². The molecule has 0 aromatic heterocycles. The number of hydrogen-bond donors (Lipinski definition) is 1. The second kappa shape index (κ2) is 9.46. The average Bonchev–Trinajstić information content (AvgIpc) is 2.68. The summed E-state index contributed by atoms with van der Waals surface area (Å²) in [4.78, 5) is 16.8. The first-order valence-electron chi connectivity index (χ1n) is 9.19. The number of nitrogens with one attached hydrogen (secondary N) is 1. The lowest BCUT2D eigenvalue weighted by atomic mass is 10.2. The van der Waals surface area contributed by atoms with Gasteiger partial charge in [-0.2, -0.15) is 0 Å². The van der Waals surface area contributed by atoms with Crippen molar-refractivity contribution < 1.29 is 9.18 Å². The van der Waals surface area contributed by atoms with Gasteiger partial charge in [0.05, 0.1) is 0 Å². The molecule has 2 aromatic rings. The fourth-order valence-corrected chi connectivity index (χ4v) is 3.20. The first kappa shape index (κ1) is 18.5. The van der Waals surface area contributed by atoms with Crippen LogP contribution in [0, 0.1) is 5.82 Å². The van der Waals surface area contributed by atoms with Crippen LogP contribution < -0.4 is 5.32 Å². The van der Waals surface area contributed by atoms with E-state index in [1.165, 1.54) is 11.6 Å². The molecule has 138 valence electrons. The number of halogens is 1. The number of amides is 1. The van der Waals surface area contributed by atoms with E-state index in [1.807, 2.05) is 6.07 Å². The fourth-order valence-electron chi connectivity index (χ4n) is 3.20. The lowest BCUT2D eigenvalue weighted by Crippen LogP contribution is -2.46. The predicted octanol–water partition coefficient (Wildman–Crippen LogP) is 2.65. The van der Waals surface area contributed by atoms with Gasteiger partial charge in [0.15, 0.2) is 0 Å². The van der Waals surface area contributed by atoms with E-state index in [0.717, 1.165) is 39.3 Å². The molecule has 0 bridgehead atoms. The van der Waals surface area contributed by atoms with Crippen LogP contribution in [0.2, 0.25) is 0 Å². The minimum Gasteiger partial charge on any atom is -0.352 e. The largest absolute Gasteiger partial charge is 0.352 e. The van der Waals surface area contributed by atoms with Crippen LogP contribution in [-0.4, -0.2) is 48.4 Å². The van der Waals surface area contributed by atoms with Crippen LogP contribution in [0.3, 0.4) is 0 Å². The van der Waals surface area contributed by atoms with Gasteiger partial charge in [0, 0.05) is 57.8 Å². The number of benzene rings is 2. The molecule has 1 N–H and O–H groups in total. The van der Waals surface area contributed by atoms with Crippen molar-refractivity contribution in [2.24, 2.45) is 0 Å². The van der Waals surface area contributed by atoms with Gasteiger partial charge in [-0.05, 0) is 11.6 Å². The lowest BCUT2D eigenvalue weighted by Gasteiger charge is -2.34. The van der Waals surface area contributed by atoms with Gasteiger partial charge in [-0.3, -0.25) is 9.69 Å². The van der Waals surface area contributed by atoms with Crippen molar-refractivity contribution in [2.45, 2.75) is 19.5 Å². The molecule has 0 atom stereocenters.